The summed E-state index contributed by atoms with van der Waals surface area (Å²) in [5, 5.41) is 0. The molecule has 0 N–H and O–H groups in total. The zero-order chi connectivity index (χ0) is 17.5. The maximum absolute atomic E-state index is 6.19. The van der Waals surface area contributed by atoms with E-state index >= 15 is 0 Å². The lowest BCUT2D eigenvalue weighted by Gasteiger charge is -2.34. The lowest BCUT2D eigenvalue weighted by Crippen LogP contribution is -2.35. The topological polar surface area (TPSA) is 27.7 Å². The number of benzene rings is 1. The summed E-state index contributed by atoms with van der Waals surface area (Å²) in [6, 6.07) is 7.96. The van der Waals surface area contributed by atoms with Gasteiger partial charge in [-0.15, -0.1) is 0 Å². The summed E-state index contributed by atoms with van der Waals surface area (Å²) in [6.07, 6.45) is 0.943. The molecule has 1 aromatic carbocycles. The van der Waals surface area contributed by atoms with Crippen LogP contribution in [0, 0.1) is 5.41 Å². The summed E-state index contributed by atoms with van der Waals surface area (Å²) in [6.45, 7) is 16.5. The van der Waals surface area contributed by atoms with Crippen LogP contribution in [0.3, 0.4) is 0 Å². The Labute approximate surface area is 143 Å². The minimum Gasteiger partial charge on any atom is -0.497 e. The molecule has 0 bridgehead atoms. The lowest BCUT2D eigenvalue weighted by molar-refractivity contribution is 0.0945. The second kappa shape index (κ2) is 9.26. The van der Waals surface area contributed by atoms with Crippen molar-refractivity contribution in [2.24, 2.45) is 5.41 Å². The fourth-order valence-electron chi connectivity index (χ4n) is 2.43. The molecule has 0 saturated carbocycles. The van der Waals surface area contributed by atoms with Crippen LogP contribution in [0.1, 0.15) is 32.8 Å². The Balaban J connectivity index is 2.41. The van der Waals surface area contributed by atoms with Crippen molar-refractivity contribution < 1.29 is 13.9 Å². The highest BCUT2D eigenvalue weighted by atomic mass is 28.3. The first kappa shape index (κ1) is 19.9. The lowest BCUT2D eigenvalue weighted by atomic mass is 9.84. The van der Waals surface area contributed by atoms with E-state index in [4.69, 9.17) is 13.9 Å². The Morgan fingerprint density at radius 1 is 1.17 bits per heavy atom. The monoisotopic (exact) mass is 336 g/mol. The smallest absolute Gasteiger partial charge is 0.171 e. The minimum atomic E-state index is -1.10. The van der Waals surface area contributed by atoms with Crippen LogP contribution in [0.25, 0.3) is 0 Å². The van der Waals surface area contributed by atoms with Gasteiger partial charge in [0.05, 0.1) is 26.4 Å². The molecule has 0 aliphatic rings. The standard InChI is InChI=1S/C19H32O3Si/c1-15(18(19(2,3)4)22-23(6)7)12-13-21-14-16-8-10-17(20-5)11-9-16/h8-11,18,23H,1,12-14H2,2-7H3. The Hall–Kier alpha value is -1.10. The van der Waals surface area contributed by atoms with E-state index < -0.39 is 9.04 Å². The summed E-state index contributed by atoms with van der Waals surface area (Å²) in [5.74, 6) is 0.866. The normalized spacial score (nSPS) is 13.2. The molecule has 0 heterocycles. The fourth-order valence-corrected chi connectivity index (χ4v) is 3.58. The number of rotatable bonds is 9. The largest absolute Gasteiger partial charge is 0.497 e. The molecule has 1 rings (SSSR count). The first-order valence-electron chi connectivity index (χ1n) is 8.28. The van der Waals surface area contributed by atoms with Crippen molar-refractivity contribution in [3.63, 3.8) is 0 Å². The van der Waals surface area contributed by atoms with Crippen LogP contribution in [0.2, 0.25) is 13.1 Å². The van der Waals surface area contributed by atoms with Gasteiger partial charge in [-0.2, -0.15) is 0 Å². The molecule has 0 amide bonds. The van der Waals surface area contributed by atoms with Crippen LogP contribution in [-0.4, -0.2) is 28.9 Å². The van der Waals surface area contributed by atoms with Crippen LogP contribution >= 0.6 is 0 Å². The van der Waals surface area contributed by atoms with E-state index in [1.165, 1.54) is 0 Å². The molecule has 4 heteroatoms. The van der Waals surface area contributed by atoms with Crippen molar-refractivity contribution >= 4 is 9.04 Å². The molecule has 0 radical (unpaired) electrons. The van der Waals surface area contributed by atoms with E-state index in [1.54, 1.807) is 7.11 Å². The van der Waals surface area contributed by atoms with Crippen molar-refractivity contribution in [3.8, 4) is 5.75 Å². The van der Waals surface area contributed by atoms with E-state index in [9.17, 15) is 0 Å². The van der Waals surface area contributed by atoms with Crippen LogP contribution in [0.4, 0.5) is 0 Å². The molecule has 1 unspecified atom stereocenters. The molecule has 1 atom stereocenters. The molecule has 3 nitrogen and oxygen atoms in total. The number of methoxy groups -OCH3 is 1. The molecule has 0 aliphatic heterocycles. The average molecular weight is 337 g/mol. The molecule has 0 spiro atoms. The third-order valence-electron chi connectivity index (χ3n) is 3.56. The first-order valence-corrected chi connectivity index (χ1v) is 11.1. The summed E-state index contributed by atoms with van der Waals surface area (Å²) in [7, 11) is 0.575. The maximum Gasteiger partial charge on any atom is 0.171 e. The molecule has 0 fully saturated rings. The number of hydrogen-bond donors (Lipinski definition) is 0. The van der Waals surface area contributed by atoms with Crippen LogP contribution in [0.5, 0.6) is 5.75 Å². The van der Waals surface area contributed by atoms with E-state index in [-0.39, 0.29) is 11.5 Å². The van der Waals surface area contributed by atoms with Crippen LogP contribution in [0.15, 0.2) is 36.4 Å². The van der Waals surface area contributed by atoms with Crippen molar-refractivity contribution in [3.05, 3.63) is 42.0 Å². The second-order valence-corrected chi connectivity index (χ2v) is 9.61. The number of hydrogen-bond acceptors (Lipinski definition) is 3. The van der Waals surface area contributed by atoms with Gasteiger partial charge in [0.25, 0.3) is 0 Å². The third kappa shape index (κ3) is 7.33. The minimum absolute atomic E-state index is 0.0737. The van der Waals surface area contributed by atoms with Gasteiger partial charge in [-0.1, -0.05) is 39.5 Å². The van der Waals surface area contributed by atoms with Gasteiger partial charge in [-0.25, -0.2) is 0 Å². The van der Waals surface area contributed by atoms with Crippen molar-refractivity contribution in [1.82, 2.24) is 0 Å². The molecular formula is C19H32O3Si. The quantitative estimate of drug-likeness (QED) is 0.375. The molecule has 0 aromatic heterocycles. The Morgan fingerprint density at radius 3 is 2.26 bits per heavy atom. The molecular weight excluding hydrogens is 304 g/mol. The predicted octanol–water partition coefficient (Wildman–Crippen LogP) is 4.57. The fraction of sp³-hybridized carbons (Fsp3) is 0.579. The SMILES string of the molecule is C=C(CCOCc1ccc(OC)cc1)C(O[SiH](C)C)C(C)(C)C. The van der Waals surface area contributed by atoms with E-state index in [1.807, 2.05) is 24.3 Å². The highest BCUT2D eigenvalue weighted by Gasteiger charge is 2.28. The Kier molecular flexibility index (Phi) is 8.03. The summed E-state index contributed by atoms with van der Waals surface area (Å²) < 4.78 is 17.1. The van der Waals surface area contributed by atoms with Gasteiger partial charge in [-0.3, -0.25) is 0 Å². The predicted molar refractivity (Wildman–Crippen MR) is 99.6 cm³/mol. The van der Waals surface area contributed by atoms with Crippen molar-refractivity contribution in [2.45, 2.75) is 53.0 Å². The summed E-state index contributed by atoms with van der Waals surface area (Å²) in [5.41, 5.74) is 2.35. The highest BCUT2D eigenvalue weighted by Crippen LogP contribution is 2.29. The van der Waals surface area contributed by atoms with Gasteiger partial charge in [0, 0.05) is 0 Å². The molecule has 0 aliphatic carbocycles. The molecule has 130 valence electrons. The second-order valence-electron chi connectivity index (χ2n) is 7.24. The van der Waals surface area contributed by atoms with Gasteiger partial charge >= 0.3 is 0 Å². The average Bonchev–Trinajstić information content (AvgIpc) is 2.48. The van der Waals surface area contributed by atoms with Gasteiger partial charge in [0.2, 0.25) is 0 Å². The van der Waals surface area contributed by atoms with Crippen LogP contribution < -0.4 is 4.74 Å². The van der Waals surface area contributed by atoms with Gasteiger partial charge in [0.1, 0.15) is 5.75 Å². The van der Waals surface area contributed by atoms with E-state index in [0.29, 0.717) is 13.2 Å². The number of ether oxygens (including phenoxy) is 2. The van der Waals surface area contributed by atoms with Crippen molar-refractivity contribution in [2.75, 3.05) is 13.7 Å². The van der Waals surface area contributed by atoms with Crippen LogP contribution in [-0.2, 0) is 15.8 Å². The third-order valence-corrected chi connectivity index (χ3v) is 4.38. The maximum atomic E-state index is 6.19. The first-order chi connectivity index (χ1) is 10.7. The molecule has 0 saturated heterocycles. The Morgan fingerprint density at radius 2 is 1.78 bits per heavy atom. The summed E-state index contributed by atoms with van der Waals surface area (Å²) in [4.78, 5) is 0. The van der Waals surface area contributed by atoms with Gasteiger partial charge in [-0.05, 0) is 48.2 Å². The van der Waals surface area contributed by atoms with Crippen molar-refractivity contribution in [1.29, 1.82) is 0 Å². The van der Waals surface area contributed by atoms with Gasteiger partial charge < -0.3 is 13.9 Å². The van der Waals surface area contributed by atoms with E-state index in [2.05, 4.69) is 40.4 Å². The zero-order valence-electron chi connectivity index (χ0n) is 15.5. The summed E-state index contributed by atoms with van der Waals surface area (Å²) >= 11 is 0. The zero-order valence-corrected chi connectivity index (χ0v) is 16.7. The van der Waals surface area contributed by atoms with Gasteiger partial charge in [0.15, 0.2) is 9.04 Å². The molecule has 23 heavy (non-hydrogen) atoms. The van der Waals surface area contributed by atoms with E-state index in [0.717, 1.165) is 23.3 Å². The Bertz CT molecular complexity index is 474. The highest BCUT2D eigenvalue weighted by molar-refractivity contribution is 6.48. The molecule has 1 aromatic rings.